The summed E-state index contributed by atoms with van der Waals surface area (Å²) in [5.74, 6) is -0.589. The highest BCUT2D eigenvalue weighted by Gasteiger charge is 2.28. The van der Waals surface area contributed by atoms with Gasteiger partial charge in [-0.05, 0) is 38.5 Å². The average molecular weight is 682 g/mol. The molecule has 0 saturated heterocycles. The average Bonchev–Trinajstić information content (AvgIpc) is 3.09. The van der Waals surface area contributed by atoms with E-state index in [-0.39, 0.29) is 0 Å². The zero-order chi connectivity index (χ0) is 35.3. The van der Waals surface area contributed by atoms with Gasteiger partial charge in [0.1, 0.15) is 12.2 Å². The van der Waals surface area contributed by atoms with E-state index in [4.69, 9.17) is 0 Å². The van der Waals surface area contributed by atoms with Gasteiger partial charge in [0.05, 0.1) is 18.8 Å². The molecule has 0 radical (unpaired) electrons. The summed E-state index contributed by atoms with van der Waals surface area (Å²) in [7, 11) is 0. The van der Waals surface area contributed by atoms with Crippen molar-refractivity contribution in [2.45, 2.75) is 244 Å². The van der Waals surface area contributed by atoms with Crippen molar-refractivity contribution in [3.05, 3.63) is 12.2 Å². The molecule has 0 aromatic heterocycles. The van der Waals surface area contributed by atoms with Gasteiger partial charge in [0.15, 0.2) is 0 Å². The molecular weight excluding hydrogens is 598 g/mol. The first-order valence-electron chi connectivity index (χ1n) is 21.1. The van der Waals surface area contributed by atoms with E-state index in [0.29, 0.717) is 12.8 Å². The van der Waals surface area contributed by atoms with Gasteiger partial charge in [0.25, 0.3) is 0 Å². The summed E-state index contributed by atoms with van der Waals surface area (Å²) >= 11 is 0. The first-order valence-corrected chi connectivity index (χ1v) is 21.1. The minimum absolute atomic E-state index is 0.369. The predicted octanol–water partition coefficient (Wildman–Crippen LogP) is 10.6. The lowest BCUT2D eigenvalue weighted by molar-refractivity contribution is -0.132. The van der Waals surface area contributed by atoms with Crippen LogP contribution in [-0.2, 0) is 4.79 Å². The minimum Gasteiger partial charge on any atom is -0.394 e. The van der Waals surface area contributed by atoms with Crippen LogP contribution in [0, 0.1) is 0 Å². The summed E-state index contributed by atoms with van der Waals surface area (Å²) in [6.45, 7) is 4.03. The van der Waals surface area contributed by atoms with E-state index in [9.17, 15) is 25.2 Å². The second kappa shape index (κ2) is 37.3. The monoisotopic (exact) mass is 682 g/mol. The number of carbonyl (C=O) groups excluding carboxylic acids is 1. The molecule has 4 atom stereocenters. The van der Waals surface area contributed by atoms with E-state index in [1.54, 1.807) is 0 Å². The summed E-state index contributed by atoms with van der Waals surface area (Å²) in [6.07, 6.45) is 39.6. The molecular formula is C42H83NO5. The van der Waals surface area contributed by atoms with Crippen molar-refractivity contribution in [3.8, 4) is 0 Å². The number of aliphatic hydroxyl groups excluding tert-OH is 4. The molecule has 1 amide bonds. The lowest BCUT2D eigenvalue weighted by Gasteiger charge is -2.27. The van der Waals surface area contributed by atoms with Crippen LogP contribution in [-0.4, -0.2) is 57.3 Å². The number of amides is 1. The Kier molecular flexibility index (Phi) is 36.6. The van der Waals surface area contributed by atoms with Gasteiger partial charge in [-0.3, -0.25) is 4.79 Å². The van der Waals surface area contributed by atoms with Crippen molar-refractivity contribution < 1.29 is 25.2 Å². The van der Waals surface area contributed by atoms with E-state index in [1.807, 2.05) is 0 Å². The summed E-state index contributed by atoms with van der Waals surface area (Å²) in [4.78, 5) is 12.5. The van der Waals surface area contributed by atoms with E-state index in [2.05, 4.69) is 31.3 Å². The standard InChI is InChI=1S/C42H83NO5/c1-3-5-7-9-11-13-15-17-18-19-20-21-22-23-24-26-28-30-32-34-36-40(46)42(48)43-38(37-44)41(47)39(45)35-33-31-29-27-25-16-14-12-10-8-6-4-2/h25,27,38-41,44-47H,3-24,26,28-37H2,1-2H3,(H,43,48). The van der Waals surface area contributed by atoms with Gasteiger partial charge in [-0.25, -0.2) is 0 Å². The lowest BCUT2D eigenvalue weighted by Crippen LogP contribution is -2.53. The molecule has 0 aliphatic heterocycles. The van der Waals surface area contributed by atoms with Gasteiger partial charge in [-0.2, -0.15) is 0 Å². The molecule has 48 heavy (non-hydrogen) atoms. The van der Waals surface area contributed by atoms with Crippen LogP contribution >= 0.6 is 0 Å². The number of rotatable bonds is 38. The molecule has 0 rings (SSSR count). The molecule has 286 valence electrons. The fourth-order valence-electron chi connectivity index (χ4n) is 6.57. The van der Waals surface area contributed by atoms with E-state index in [0.717, 1.165) is 44.9 Å². The highest BCUT2D eigenvalue weighted by Crippen LogP contribution is 2.16. The van der Waals surface area contributed by atoms with Gasteiger partial charge in [0, 0.05) is 0 Å². The van der Waals surface area contributed by atoms with Gasteiger partial charge in [-0.1, -0.05) is 193 Å². The highest BCUT2D eigenvalue weighted by molar-refractivity contribution is 5.80. The maximum absolute atomic E-state index is 12.5. The number of carbonyl (C=O) groups is 1. The Hall–Kier alpha value is -0.950. The number of aliphatic hydroxyl groups is 4. The second-order valence-corrected chi connectivity index (χ2v) is 14.7. The fraction of sp³-hybridized carbons (Fsp3) is 0.929. The molecule has 0 bridgehead atoms. The molecule has 0 spiro atoms. The van der Waals surface area contributed by atoms with E-state index < -0.39 is 36.9 Å². The molecule has 0 aliphatic rings. The molecule has 0 fully saturated rings. The largest absolute Gasteiger partial charge is 0.394 e. The van der Waals surface area contributed by atoms with Crippen molar-refractivity contribution in [1.82, 2.24) is 5.32 Å². The molecule has 0 aromatic carbocycles. The van der Waals surface area contributed by atoms with E-state index in [1.165, 1.54) is 148 Å². The number of nitrogens with one attached hydrogen (secondary N) is 1. The SMILES string of the molecule is CCCCCCCCC=CCCCCC(O)C(O)C(CO)NC(=O)C(O)CCCCCCCCCCCCCCCCCCCCCC. The summed E-state index contributed by atoms with van der Waals surface area (Å²) in [5.41, 5.74) is 0. The van der Waals surface area contributed by atoms with Crippen LogP contribution < -0.4 is 5.32 Å². The predicted molar refractivity (Wildman–Crippen MR) is 205 cm³/mol. The van der Waals surface area contributed by atoms with E-state index >= 15 is 0 Å². The van der Waals surface area contributed by atoms with Crippen LogP contribution in [0.2, 0.25) is 0 Å². The number of allylic oxidation sites excluding steroid dienone is 2. The molecule has 0 aromatic rings. The van der Waals surface area contributed by atoms with Crippen molar-refractivity contribution in [2.24, 2.45) is 0 Å². The molecule has 0 heterocycles. The van der Waals surface area contributed by atoms with Gasteiger partial charge in [0.2, 0.25) is 5.91 Å². The van der Waals surface area contributed by atoms with Crippen molar-refractivity contribution in [1.29, 1.82) is 0 Å². The lowest BCUT2D eigenvalue weighted by atomic mass is 9.99. The molecule has 6 heteroatoms. The Bertz CT molecular complexity index is 687. The molecule has 4 unspecified atom stereocenters. The zero-order valence-corrected chi connectivity index (χ0v) is 32.0. The maximum atomic E-state index is 12.5. The van der Waals surface area contributed by atoms with Crippen molar-refractivity contribution in [2.75, 3.05) is 6.61 Å². The van der Waals surface area contributed by atoms with Crippen LogP contribution in [0.4, 0.5) is 0 Å². The van der Waals surface area contributed by atoms with Crippen LogP contribution in [0.25, 0.3) is 0 Å². The Labute approximate surface area is 298 Å². The number of unbranched alkanes of at least 4 members (excludes halogenated alkanes) is 27. The molecule has 0 saturated carbocycles. The minimum atomic E-state index is -1.27. The smallest absolute Gasteiger partial charge is 0.249 e. The van der Waals surface area contributed by atoms with Crippen LogP contribution in [0.3, 0.4) is 0 Å². The maximum Gasteiger partial charge on any atom is 0.249 e. The molecule has 6 nitrogen and oxygen atoms in total. The van der Waals surface area contributed by atoms with Crippen LogP contribution in [0.5, 0.6) is 0 Å². The number of hydrogen-bond acceptors (Lipinski definition) is 5. The topological polar surface area (TPSA) is 110 Å². The third-order valence-electron chi connectivity index (χ3n) is 9.98. The van der Waals surface area contributed by atoms with Crippen molar-refractivity contribution >= 4 is 5.91 Å². The van der Waals surface area contributed by atoms with Gasteiger partial charge >= 0.3 is 0 Å². The van der Waals surface area contributed by atoms with Crippen LogP contribution in [0.1, 0.15) is 219 Å². The summed E-state index contributed by atoms with van der Waals surface area (Å²) < 4.78 is 0. The second-order valence-electron chi connectivity index (χ2n) is 14.7. The first kappa shape index (κ1) is 47.0. The number of hydrogen-bond donors (Lipinski definition) is 5. The third kappa shape index (κ3) is 31.1. The Morgan fingerprint density at radius 2 is 0.833 bits per heavy atom. The van der Waals surface area contributed by atoms with Crippen LogP contribution in [0.15, 0.2) is 12.2 Å². The zero-order valence-electron chi connectivity index (χ0n) is 32.0. The summed E-state index contributed by atoms with van der Waals surface area (Å²) in [5, 5.41) is 43.5. The molecule has 5 N–H and O–H groups in total. The highest BCUT2D eigenvalue weighted by atomic mass is 16.3. The summed E-state index contributed by atoms with van der Waals surface area (Å²) in [6, 6.07) is -0.991. The fourth-order valence-corrected chi connectivity index (χ4v) is 6.57. The normalized spacial score (nSPS) is 14.4. The Morgan fingerprint density at radius 1 is 0.500 bits per heavy atom. The quantitative estimate of drug-likeness (QED) is 0.0329. The molecule has 0 aliphatic carbocycles. The Balaban J connectivity index is 3.72. The van der Waals surface area contributed by atoms with Gasteiger partial charge < -0.3 is 25.7 Å². The van der Waals surface area contributed by atoms with Gasteiger partial charge in [-0.15, -0.1) is 0 Å². The van der Waals surface area contributed by atoms with Crippen molar-refractivity contribution in [3.63, 3.8) is 0 Å². The first-order chi connectivity index (χ1) is 23.5. The Morgan fingerprint density at radius 3 is 1.23 bits per heavy atom. The third-order valence-corrected chi connectivity index (χ3v) is 9.98.